The first-order chi connectivity index (χ1) is 8.67. The van der Waals surface area contributed by atoms with E-state index in [9.17, 15) is 4.79 Å². The van der Waals surface area contributed by atoms with Crippen molar-refractivity contribution in [3.63, 3.8) is 0 Å². The van der Waals surface area contributed by atoms with Crippen LogP contribution < -0.4 is 0 Å². The second kappa shape index (κ2) is 4.38. The van der Waals surface area contributed by atoms with Crippen molar-refractivity contribution in [1.82, 2.24) is 4.90 Å². The normalized spacial score (nSPS) is 22.9. The minimum atomic E-state index is -0.967. The molecule has 0 radical (unpaired) electrons. The lowest BCUT2D eigenvalue weighted by atomic mass is 10.2. The highest BCUT2D eigenvalue weighted by molar-refractivity contribution is 5.87. The van der Waals surface area contributed by atoms with Gasteiger partial charge in [-0.2, -0.15) is 0 Å². The van der Waals surface area contributed by atoms with Crippen molar-refractivity contribution in [3.05, 3.63) is 23.7 Å². The highest BCUT2D eigenvalue weighted by atomic mass is 16.7. The number of rotatable bonds is 3. The van der Waals surface area contributed by atoms with Crippen LogP contribution in [0, 0.1) is 0 Å². The van der Waals surface area contributed by atoms with Crippen molar-refractivity contribution in [2.24, 2.45) is 0 Å². The van der Waals surface area contributed by atoms with Crippen molar-refractivity contribution in [2.45, 2.75) is 18.8 Å². The monoisotopic (exact) mass is 253 g/mol. The van der Waals surface area contributed by atoms with Gasteiger partial charge in [-0.05, 0) is 6.07 Å². The summed E-state index contributed by atoms with van der Waals surface area (Å²) in [6.45, 7) is 3.45. The molecule has 0 unspecified atom stereocenters. The fraction of sp³-hybridized carbons (Fsp3) is 0.583. The Morgan fingerprint density at radius 1 is 1.44 bits per heavy atom. The Kier molecular flexibility index (Phi) is 2.85. The topological polar surface area (TPSA) is 72.1 Å². The van der Waals surface area contributed by atoms with E-state index in [1.54, 1.807) is 6.07 Å². The van der Waals surface area contributed by atoms with E-state index in [-0.39, 0.29) is 5.56 Å². The van der Waals surface area contributed by atoms with Gasteiger partial charge < -0.3 is 19.0 Å². The Morgan fingerprint density at radius 2 is 2.22 bits per heavy atom. The molecule has 2 fully saturated rings. The molecule has 1 spiro atoms. The van der Waals surface area contributed by atoms with E-state index >= 15 is 0 Å². The summed E-state index contributed by atoms with van der Waals surface area (Å²) < 4.78 is 16.5. The van der Waals surface area contributed by atoms with Crippen LogP contribution in [0.25, 0.3) is 0 Å². The maximum absolute atomic E-state index is 10.7. The Bertz CT molecular complexity index is 449. The number of furan rings is 1. The first-order valence-electron chi connectivity index (χ1n) is 5.98. The first-order valence-corrected chi connectivity index (χ1v) is 5.98. The molecule has 18 heavy (non-hydrogen) atoms. The van der Waals surface area contributed by atoms with Crippen LogP contribution in [0.3, 0.4) is 0 Å². The Labute approximate surface area is 104 Å². The SMILES string of the molecule is O=C(O)c1coc(CN2CCC3(C2)OCCO3)c1. The molecule has 0 aromatic carbocycles. The standard InChI is InChI=1S/C12H15NO5/c14-11(15)9-5-10(16-7-9)6-13-2-1-12(8-13)17-3-4-18-12/h5,7H,1-4,6,8H2,(H,14,15). The zero-order chi connectivity index (χ0) is 12.6. The summed E-state index contributed by atoms with van der Waals surface area (Å²) in [5.74, 6) is -0.754. The van der Waals surface area contributed by atoms with Crippen LogP contribution >= 0.6 is 0 Å². The van der Waals surface area contributed by atoms with E-state index in [1.807, 2.05) is 0 Å². The smallest absolute Gasteiger partial charge is 0.338 e. The van der Waals surface area contributed by atoms with Gasteiger partial charge in [0.15, 0.2) is 5.79 Å². The molecule has 0 amide bonds. The fourth-order valence-electron chi connectivity index (χ4n) is 2.49. The van der Waals surface area contributed by atoms with Crippen molar-refractivity contribution < 1.29 is 23.8 Å². The summed E-state index contributed by atoms with van der Waals surface area (Å²) in [6.07, 6.45) is 2.12. The third-order valence-electron chi connectivity index (χ3n) is 3.37. The van der Waals surface area contributed by atoms with Gasteiger partial charge in [0.1, 0.15) is 12.0 Å². The number of hydrogen-bond acceptors (Lipinski definition) is 5. The molecule has 1 N–H and O–H groups in total. The van der Waals surface area contributed by atoms with Gasteiger partial charge in [-0.3, -0.25) is 4.90 Å². The van der Waals surface area contributed by atoms with Gasteiger partial charge in [0.05, 0.1) is 31.9 Å². The number of aromatic carboxylic acids is 1. The van der Waals surface area contributed by atoms with Gasteiger partial charge >= 0.3 is 5.97 Å². The minimum absolute atomic E-state index is 0.187. The van der Waals surface area contributed by atoms with E-state index in [0.29, 0.717) is 32.1 Å². The Balaban J connectivity index is 1.61. The molecule has 0 atom stereocenters. The molecule has 2 aliphatic heterocycles. The van der Waals surface area contributed by atoms with Gasteiger partial charge in [0.2, 0.25) is 0 Å². The number of ether oxygens (including phenoxy) is 2. The van der Waals surface area contributed by atoms with Crippen molar-refractivity contribution in [1.29, 1.82) is 0 Å². The molecule has 0 bridgehead atoms. The molecular weight excluding hydrogens is 238 g/mol. The number of carboxylic acids is 1. The summed E-state index contributed by atoms with van der Waals surface area (Å²) >= 11 is 0. The summed E-state index contributed by atoms with van der Waals surface area (Å²) in [4.78, 5) is 12.9. The molecule has 0 saturated carbocycles. The lowest BCUT2D eigenvalue weighted by Crippen LogP contribution is -2.34. The molecule has 3 rings (SSSR count). The van der Waals surface area contributed by atoms with Crippen LogP contribution in [0.2, 0.25) is 0 Å². The highest BCUT2D eigenvalue weighted by Gasteiger charge is 2.43. The van der Waals surface area contributed by atoms with E-state index in [1.165, 1.54) is 6.26 Å². The molecule has 1 aromatic rings. The quantitative estimate of drug-likeness (QED) is 0.863. The van der Waals surface area contributed by atoms with Crippen LogP contribution in [0.15, 0.2) is 16.7 Å². The van der Waals surface area contributed by atoms with Crippen LogP contribution in [-0.2, 0) is 16.0 Å². The zero-order valence-corrected chi connectivity index (χ0v) is 9.92. The van der Waals surface area contributed by atoms with Gasteiger partial charge in [-0.1, -0.05) is 0 Å². The molecule has 2 saturated heterocycles. The van der Waals surface area contributed by atoms with Crippen LogP contribution in [-0.4, -0.2) is 48.1 Å². The third kappa shape index (κ3) is 2.14. The second-order valence-corrected chi connectivity index (χ2v) is 4.68. The molecule has 98 valence electrons. The molecular formula is C12H15NO5. The third-order valence-corrected chi connectivity index (χ3v) is 3.37. The van der Waals surface area contributed by atoms with E-state index in [0.717, 1.165) is 13.0 Å². The first kappa shape index (κ1) is 11.7. The van der Waals surface area contributed by atoms with Gasteiger partial charge in [0.25, 0.3) is 0 Å². The predicted molar refractivity (Wildman–Crippen MR) is 60.2 cm³/mol. The molecule has 1 aromatic heterocycles. The molecule has 0 aliphatic carbocycles. The molecule has 2 aliphatic rings. The molecule has 6 heteroatoms. The van der Waals surface area contributed by atoms with Crippen molar-refractivity contribution in [3.8, 4) is 0 Å². The number of carbonyl (C=O) groups is 1. The van der Waals surface area contributed by atoms with Crippen molar-refractivity contribution in [2.75, 3.05) is 26.3 Å². The van der Waals surface area contributed by atoms with Crippen LogP contribution in [0.1, 0.15) is 22.5 Å². The van der Waals surface area contributed by atoms with E-state index in [2.05, 4.69) is 4.90 Å². The summed E-state index contributed by atoms with van der Waals surface area (Å²) in [7, 11) is 0. The van der Waals surface area contributed by atoms with Gasteiger partial charge in [-0.15, -0.1) is 0 Å². The fourth-order valence-corrected chi connectivity index (χ4v) is 2.49. The number of hydrogen-bond donors (Lipinski definition) is 1. The average Bonchev–Trinajstić information content (AvgIpc) is 3.03. The lowest BCUT2D eigenvalue weighted by Gasteiger charge is -2.21. The van der Waals surface area contributed by atoms with E-state index < -0.39 is 11.8 Å². The van der Waals surface area contributed by atoms with Crippen molar-refractivity contribution >= 4 is 5.97 Å². The maximum Gasteiger partial charge on any atom is 0.338 e. The second-order valence-electron chi connectivity index (χ2n) is 4.68. The van der Waals surface area contributed by atoms with Crippen LogP contribution in [0.5, 0.6) is 0 Å². The summed E-state index contributed by atoms with van der Waals surface area (Å²) in [5.41, 5.74) is 0.187. The average molecular weight is 253 g/mol. The maximum atomic E-state index is 10.7. The van der Waals surface area contributed by atoms with Gasteiger partial charge in [0, 0.05) is 13.0 Å². The summed E-state index contributed by atoms with van der Waals surface area (Å²) in [5, 5.41) is 8.81. The Morgan fingerprint density at radius 3 is 2.89 bits per heavy atom. The zero-order valence-electron chi connectivity index (χ0n) is 9.92. The molecule has 3 heterocycles. The minimum Gasteiger partial charge on any atom is -0.478 e. The van der Waals surface area contributed by atoms with E-state index in [4.69, 9.17) is 19.0 Å². The largest absolute Gasteiger partial charge is 0.478 e. The molecule has 6 nitrogen and oxygen atoms in total. The number of nitrogens with zero attached hydrogens (tertiary/aromatic N) is 1. The number of likely N-dealkylation sites (tertiary alicyclic amines) is 1. The van der Waals surface area contributed by atoms with Crippen LogP contribution in [0.4, 0.5) is 0 Å². The number of carboxylic acid groups (broad SMARTS) is 1. The lowest BCUT2D eigenvalue weighted by molar-refractivity contribution is -0.145. The Hall–Kier alpha value is -1.37. The summed E-state index contributed by atoms with van der Waals surface area (Å²) in [6, 6.07) is 1.56. The highest BCUT2D eigenvalue weighted by Crippen LogP contribution is 2.31. The predicted octanol–water partition coefficient (Wildman–Crippen LogP) is 0.927. The van der Waals surface area contributed by atoms with Gasteiger partial charge in [-0.25, -0.2) is 4.79 Å².